The fraction of sp³-hybridized carbons (Fsp3) is 0.346. The number of carboxylic acid groups (broad SMARTS) is 1. The second-order valence-electron chi connectivity index (χ2n) is 10.3. The van der Waals surface area contributed by atoms with Crippen molar-refractivity contribution in [3.63, 3.8) is 0 Å². The molecule has 2 unspecified atom stereocenters. The van der Waals surface area contributed by atoms with E-state index in [-0.39, 0.29) is 27.6 Å². The maximum atomic E-state index is 13.2. The van der Waals surface area contributed by atoms with Crippen molar-refractivity contribution >= 4 is 75.0 Å². The number of nitrogens with one attached hydrogen (secondary N) is 1. The minimum absolute atomic E-state index is 0.0317. The van der Waals surface area contributed by atoms with Gasteiger partial charge in [-0.1, -0.05) is 66.4 Å². The Balaban J connectivity index is 1.30. The van der Waals surface area contributed by atoms with Crippen molar-refractivity contribution in [2.24, 2.45) is 5.16 Å². The van der Waals surface area contributed by atoms with Crippen LogP contribution in [0.3, 0.4) is 0 Å². The van der Waals surface area contributed by atoms with Gasteiger partial charge in [-0.15, -0.1) is 28.2 Å². The molecule has 0 radical (unpaired) electrons. The van der Waals surface area contributed by atoms with E-state index < -0.39 is 29.2 Å². The number of rotatable bonds is 9. The number of aliphatic carboxylic acids is 1. The Morgan fingerprint density at radius 2 is 2.02 bits per heavy atom. The summed E-state index contributed by atoms with van der Waals surface area (Å²) >= 11 is 5.18. The molecule has 2 atom stereocenters. The first-order valence-electron chi connectivity index (χ1n) is 12.6. The minimum Gasteiger partial charge on any atom is -0.477 e. The van der Waals surface area contributed by atoms with Crippen molar-refractivity contribution in [3.05, 3.63) is 52.2 Å². The third-order valence-electron chi connectivity index (χ3n) is 6.55. The van der Waals surface area contributed by atoms with Gasteiger partial charge in [0.25, 0.3) is 11.8 Å². The number of fused-ring (bicyclic) bond motifs is 1. The van der Waals surface area contributed by atoms with E-state index >= 15 is 0 Å². The number of aromatic nitrogens is 3. The van der Waals surface area contributed by atoms with E-state index in [1.54, 1.807) is 5.38 Å². The summed E-state index contributed by atoms with van der Waals surface area (Å²) in [4.78, 5) is 49.4. The smallest absolute Gasteiger partial charge is 0.352 e. The summed E-state index contributed by atoms with van der Waals surface area (Å²) in [5.41, 5.74) is 8.51. The first-order chi connectivity index (χ1) is 20.0. The number of carbonyl (C=O) groups excluding carboxylic acids is 2. The Labute approximate surface area is 258 Å². The Hall–Kier alpha value is -3.47. The van der Waals surface area contributed by atoms with E-state index in [0.717, 1.165) is 21.8 Å². The fourth-order valence-corrected chi connectivity index (χ4v) is 8.25. The number of thioether (sulfide) groups is 2. The molecule has 12 nitrogen and oxygen atoms in total. The molecule has 0 saturated carbocycles. The highest BCUT2D eigenvalue weighted by Gasteiger charge is 2.54. The van der Waals surface area contributed by atoms with Gasteiger partial charge >= 0.3 is 5.97 Å². The molecular weight excluding hydrogens is 619 g/mol. The number of hydrogen-bond acceptors (Lipinski definition) is 13. The van der Waals surface area contributed by atoms with Crippen molar-refractivity contribution in [3.8, 4) is 10.4 Å². The molecule has 0 spiro atoms. The Kier molecular flexibility index (Phi) is 8.59. The number of oxime groups is 1. The van der Waals surface area contributed by atoms with Crippen LogP contribution < -0.4 is 11.1 Å². The first kappa shape index (κ1) is 30.0. The van der Waals surface area contributed by atoms with Crippen LogP contribution in [0.4, 0.5) is 5.13 Å². The highest BCUT2D eigenvalue weighted by Crippen LogP contribution is 2.42. The predicted octanol–water partition coefficient (Wildman–Crippen LogP) is 3.42. The van der Waals surface area contributed by atoms with E-state index in [1.165, 1.54) is 52.6 Å². The molecule has 2 aliphatic rings. The van der Waals surface area contributed by atoms with Crippen molar-refractivity contribution in [2.45, 2.75) is 42.6 Å². The number of amides is 2. The zero-order valence-corrected chi connectivity index (χ0v) is 26.2. The van der Waals surface area contributed by atoms with Gasteiger partial charge in [0.15, 0.2) is 10.8 Å². The van der Waals surface area contributed by atoms with Gasteiger partial charge in [-0.2, -0.15) is 0 Å². The molecule has 4 N–H and O–H groups in total. The summed E-state index contributed by atoms with van der Waals surface area (Å²) in [5.74, 6) is -1.73. The lowest BCUT2D eigenvalue weighted by atomic mass is 9.87. The SMILES string of the molecule is CO/N=C(/C(=O)NC1C(=O)N2C(C(=O)O)=C(CSc3nnsc3-c3ccc(C(C)(C)C)cc3)CSC12)c1csc(N)n1. The van der Waals surface area contributed by atoms with Gasteiger partial charge in [0.2, 0.25) is 0 Å². The second-order valence-corrected chi connectivity index (χ2v) is 14.0. The van der Waals surface area contributed by atoms with Gasteiger partial charge in [0.1, 0.15) is 34.9 Å². The van der Waals surface area contributed by atoms with Crippen molar-refractivity contribution in [2.75, 3.05) is 24.3 Å². The molecule has 220 valence electrons. The number of hydrogen-bond donors (Lipinski definition) is 3. The second kappa shape index (κ2) is 12.0. The van der Waals surface area contributed by atoms with Crippen LogP contribution in [-0.4, -0.2) is 78.1 Å². The average molecular weight is 646 g/mol. The van der Waals surface area contributed by atoms with Crippen LogP contribution in [0.25, 0.3) is 10.4 Å². The van der Waals surface area contributed by atoms with E-state index in [4.69, 9.17) is 10.6 Å². The molecule has 3 aromatic rings. The monoisotopic (exact) mass is 645 g/mol. The van der Waals surface area contributed by atoms with Crippen LogP contribution in [0.2, 0.25) is 0 Å². The van der Waals surface area contributed by atoms with Gasteiger partial charge in [0.05, 0.1) is 4.88 Å². The fourth-order valence-electron chi connectivity index (χ4n) is 4.43. The van der Waals surface area contributed by atoms with Gasteiger partial charge in [-0.3, -0.25) is 14.5 Å². The lowest BCUT2D eigenvalue weighted by Crippen LogP contribution is -2.71. The number of carbonyl (C=O) groups is 3. The molecule has 2 aromatic heterocycles. The number of anilines is 1. The molecule has 1 aromatic carbocycles. The topological polar surface area (TPSA) is 173 Å². The van der Waals surface area contributed by atoms with Crippen molar-refractivity contribution in [1.82, 2.24) is 24.8 Å². The maximum absolute atomic E-state index is 13.2. The Morgan fingerprint density at radius 1 is 1.29 bits per heavy atom. The summed E-state index contributed by atoms with van der Waals surface area (Å²) in [6, 6.07) is 7.33. The minimum atomic E-state index is -1.21. The zero-order chi connectivity index (χ0) is 30.2. The van der Waals surface area contributed by atoms with Gasteiger partial charge in [-0.25, -0.2) is 9.78 Å². The van der Waals surface area contributed by atoms with Crippen LogP contribution in [0.1, 0.15) is 32.0 Å². The lowest BCUT2D eigenvalue weighted by molar-refractivity contribution is -0.150. The Bertz CT molecular complexity index is 1590. The van der Waals surface area contributed by atoms with Crippen LogP contribution in [0.15, 0.2) is 51.1 Å². The normalized spacial score (nSPS) is 18.9. The number of thiazole rings is 1. The van der Waals surface area contributed by atoms with Gasteiger partial charge in [0, 0.05) is 16.9 Å². The molecule has 2 amide bonds. The number of nitrogen functional groups attached to an aromatic ring is 1. The summed E-state index contributed by atoms with van der Waals surface area (Å²) in [6.45, 7) is 6.47. The van der Waals surface area contributed by atoms with Gasteiger partial charge in [-0.05, 0) is 33.6 Å². The highest BCUT2D eigenvalue weighted by molar-refractivity contribution is 8.01. The summed E-state index contributed by atoms with van der Waals surface area (Å²) in [6.07, 6.45) is 0. The van der Waals surface area contributed by atoms with Crippen LogP contribution in [0, 0.1) is 0 Å². The van der Waals surface area contributed by atoms with Gasteiger partial charge < -0.3 is 21.0 Å². The summed E-state index contributed by atoms with van der Waals surface area (Å²) in [7, 11) is 1.28. The standard InChI is InChI=1S/C26H27N7O5S4/c1-26(2,3)14-7-5-12(6-8-14)19-21(30-32-42-19)39-9-13-10-40-23-17(22(35)33(23)18(13)24(36)37)29-20(34)16(31-38-4)15-11-41-25(27)28-15/h5-8,11,17,23H,9-10H2,1-4H3,(H2,27,28)(H,29,34)(H,36,37)/b31-16+. The molecule has 1 fully saturated rings. The van der Waals surface area contributed by atoms with E-state index in [2.05, 4.69) is 57.9 Å². The van der Waals surface area contributed by atoms with E-state index in [9.17, 15) is 19.5 Å². The van der Waals surface area contributed by atoms with Crippen LogP contribution in [0.5, 0.6) is 0 Å². The number of carboxylic acids is 1. The molecule has 42 heavy (non-hydrogen) atoms. The third kappa shape index (κ3) is 5.88. The molecule has 2 aliphatic heterocycles. The molecule has 5 rings (SSSR count). The molecule has 0 aliphatic carbocycles. The lowest BCUT2D eigenvalue weighted by Gasteiger charge is -2.49. The van der Waals surface area contributed by atoms with Crippen LogP contribution in [-0.2, 0) is 24.6 Å². The number of nitrogens with zero attached hydrogens (tertiary/aromatic N) is 5. The average Bonchev–Trinajstić information content (AvgIpc) is 3.61. The number of benzene rings is 1. The molecule has 16 heteroatoms. The highest BCUT2D eigenvalue weighted by atomic mass is 32.2. The van der Waals surface area contributed by atoms with Crippen molar-refractivity contribution < 1.29 is 24.3 Å². The predicted molar refractivity (Wildman–Crippen MR) is 165 cm³/mol. The zero-order valence-electron chi connectivity index (χ0n) is 23.0. The van der Waals surface area contributed by atoms with E-state index in [1.807, 2.05) is 12.1 Å². The van der Waals surface area contributed by atoms with Crippen LogP contribution >= 0.6 is 46.4 Å². The molecule has 0 bridgehead atoms. The Morgan fingerprint density at radius 3 is 2.64 bits per heavy atom. The first-order valence-corrected chi connectivity index (χ1v) is 16.3. The molecule has 1 saturated heterocycles. The number of β-lactam (4-membered cyclic amide) rings is 1. The number of nitrogens with two attached hydrogens (primary N) is 1. The molecular formula is C26H27N7O5S4. The third-order valence-corrected chi connectivity index (χ3v) is 10.5. The largest absolute Gasteiger partial charge is 0.477 e. The quantitative estimate of drug-likeness (QED) is 0.135. The molecule has 4 heterocycles. The summed E-state index contributed by atoms with van der Waals surface area (Å²) < 4.78 is 4.13. The van der Waals surface area contributed by atoms with Crippen molar-refractivity contribution in [1.29, 1.82) is 0 Å². The summed E-state index contributed by atoms with van der Waals surface area (Å²) in [5, 5.41) is 22.6. The van der Waals surface area contributed by atoms with E-state index in [0.29, 0.717) is 22.1 Å². The maximum Gasteiger partial charge on any atom is 0.352 e.